The van der Waals surface area contributed by atoms with E-state index in [0.717, 1.165) is 4.31 Å². The molecule has 1 aliphatic heterocycles. The van der Waals surface area contributed by atoms with Crippen molar-refractivity contribution in [2.45, 2.75) is 4.90 Å². The Hall–Kier alpha value is -1.93. The number of carboxylic acids is 1. The van der Waals surface area contributed by atoms with Crippen molar-refractivity contribution in [3.63, 3.8) is 0 Å². The van der Waals surface area contributed by atoms with Crippen LogP contribution >= 0.6 is 0 Å². The molecular formula is C11H12N2O5S. The Morgan fingerprint density at radius 3 is 2.63 bits per heavy atom. The Balaban J connectivity index is 2.45. The molecule has 0 saturated carbocycles. The van der Waals surface area contributed by atoms with Gasteiger partial charge in [0.1, 0.15) is 0 Å². The second-order valence-corrected chi connectivity index (χ2v) is 5.90. The fourth-order valence-electron chi connectivity index (χ4n) is 1.83. The number of benzene rings is 1. The second kappa shape index (κ2) is 4.98. The standard InChI is InChI=1S/C11H12N2O5S/c14-10-7-13(6-5-12-10)19(17,18)9-4-2-1-3-8(9)11(15)16/h1-4H,5-7H2,(H,12,14)(H,15,16). The van der Waals surface area contributed by atoms with Gasteiger partial charge < -0.3 is 10.4 Å². The van der Waals surface area contributed by atoms with Gasteiger partial charge in [0, 0.05) is 13.1 Å². The summed E-state index contributed by atoms with van der Waals surface area (Å²) in [7, 11) is -3.98. The third-order valence-corrected chi connectivity index (χ3v) is 4.64. The molecule has 0 bridgehead atoms. The molecule has 0 spiro atoms. The first-order valence-electron chi connectivity index (χ1n) is 5.52. The maximum atomic E-state index is 12.3. The van der Waals surface area contributed by atoms with E-state index in [1.54, 1.807) is 0 Å². The monoisotopic (exact) mass is 284 g/mol. The van der Waals surface area contributed by atoms with E-state index in [2.05, 4.69) is 5.32 Å². The highest BCUT2D eigenvalue weighted by molar-refractivity contribution is 7.89. The van der Waals surface area contributed by atoms with Crippen LogP contribution in [0.15, 0.2) is 29.2 Å². The molecule has 1 aliphatic rings. The Morgan fingerprint density at radius 2 is 2.00 bits per heavy atom. The predicted molar refractivity (Wildman–Crippen MR) is 65.2 cm³/mol. The van der Waals surface area contributed by atoms with Crippen LogP contribution in [0.5, 0.6) is 0 Å². The molecule has 1 aromatic carbocycles. The van der Waals surface area contributed by atoms with Gasteiger partial charge in [0.05, 0.1) is 17.0 Å². The highest BCUT2D eigenvalue weighted by Gasteiger charge is 2.31. The number of nitrogens with one attached hydrogen (secondary N) is 1. The highest BCUT2D eigenvalue weighted by atomic mass is 32.2. The molecule has 0 unspecified atom stereocenters. The summed E-state index contributed by atoms with van der Waals surface area (Å²) in [5.41, 5.74) is -0.298. The van der Waals surface area contributed by atoms with Crippen LogP contribution in [0.1, 0.15) is 10.4 Å². The van der Waals surface area contributed by atoms with Crippen molar-refractivity contribution in [1.29, 1.82) is 0 Å². The quantitative estimate of drug-likeness (QED) is 0.779. The Kier molecular flexibility index (Phi) is 3.54. The average molecular weight is 284 g/mol. The minimum absolute atomic E-state index is 0.127. The topological polar surface area (TPSA) is 104 Å². The number of amides is 1. The summed E-state index contributed by atoms with van der Waals surface area (Å²) in [5, 5.41) is 11.5. The number of carbonyl (C=O) groups excluding carboxylic acids is 1. The first-order chi connectivity index (χ1) is 8.93. The normalized spacial score (nSPS) is 16.9. The summed E-state index contributed by atoms with van der Waals surface area (Å²) < 4.78 is 25.7. The third kappa shape index (κ3) is 2.59. The van der Waals surface area contributed by atoms with Crippen molar-refractivity contribution in [2.75, 3.05) is 19.6 Å². The van der Waals surface area contributed by atoms with E-state index >= 15 is 0 Å². The molecule has 1 aromatic rings. The van der Waals surface area contributed by atoms with Gasteiger partial charge in [-0.15, -0.1) is 0 Å². The van der Waals surface area contributed by atoms with Crippen molar-refractivity contribution >= 4 is 21.9 Å². The molecule has 1 amide bonds. The van der Waals surface area contributed by atoms with Gasteiger partial charge in [-0.3, -0.25) is 4.79 Å². The molecule has 2 rings (SSSR count). The summed E-state index contributed by atoms with van der Waals surface area (Å²) in [6.45, 7) is 0.0472. The van der Waals surface area contributed by atoms with Crippen LogP contribution in [0.25, 0.3) is 0 Å². The number of sulfonamides is 1. The zero-order chi connectivity index (χ0) is 14.0. The van der Waals surface area contributed by atoms with E-state index in [-0.39, 0.29) is 30.1 Å². The molecular weight excluding hydrogens is 272 g/mol. The fraction of sp³-hybridized carbons (Fsp3) is 0.273. The maximum Gasteiger partial charge on any atom is 0.337 e. The van der Waals surface area contributed by atoms with Crippen molar-refractivity contribution in [3.05, 3.63) is 29.8 Å². The van der Waals surface area contributed by atoms with Gasteiger partial charge in [0.2, 0.25) is 15.9 Å². The van der Waals surface area contributed by atoms with Crippen molar-refractivity contribution < 1.29 is 23.1 Å². The summed E-state index contributed by atoms with van der Waals surface area (Å²) in [6, 6.07) is 5.35. The van der Waals surface area contributed by atoms with Crippen LogP contribution < -0.4 is 5.32 Å². The lowest BCUT2D eigenvalue weighted by Gasteiger charge is -2.26. The summed E-state index contributed by atoms with van der Waals surface area (Å²) in [5.74, 6) is -1.72. The number of carbonyl (C=O) groups is 2. The predicted octanol–water partition coefficient (Wildman–Crippen LogP) is -0.495. The molecule has 102 valence electrons. The molecule has 1 heterocycles. The molecule has 1 saturated heterocycles. The Morgan fingerprint density at radius 1 is 1.32 bits per heavy atom. The van der Waals surface area contributed by atoms with Gasteiger partial charge in [0.25, 0.3) is 0 Å². The van der Waals surface area contributed by atoms with E-state index in [1.165, 1.54) is 24.3 Å². The van der Waals surface area contributed by atoms with Gasteiger partial charge in [-0.2, -0.15) is 4.31 Å². The van der Waals surface area contributed by atoms with Gasteiger partial charge in [-0.25, -0.2) is 13.2 Å². The molecule has 1 fully saturated rings. The number of hydrogen-bond donors (Lipinski definition) is 2. The molecule has 2 N–H and O–H groups in total. The number of piperazine rings is 1. The summed E-state index contributed by atoms with van der Waals surface area (Å²) in [6.07, 6.45) is 0. The summed E-state index contributed by atoms with van der Waals surface area (Å²) >= 11 is 0. The van der Waals surface area contributed by atoms with Gasteiger partial charge in [-0.05, 0) is 12.1 Å². The number of carboxylic acid groups (broad SMARTS) is 1. The van der Waals surface area contributed by atoms with Crippen LogP contribution in [-0.2, 0) is 14.8 Å². The number of hydrogen-bond acceptors (Lipinski definition) is 4. The molecule has 19 heavy (non-hydrogen) atoms. The largest absolute Gasteiger partial charge is 0.478 e. The molecule has 0 atom stereocenters. The van der Waals surface area contributed by atoms with E-state index in [1.807, 2.05) is 0 Å². The smallest absolute Gasteiger partial charge is 0.337 e. The number of nitrogens with zero attached hydrogens (tertiary/aromatic N) is 1. The molecule has 8 heteroatoms. The van der Waals surface area contributed by atoms with Gasteiger partial charge >= 0.3 is 5.97 Å². The maximum absolute atomic E-state index is 12.3. The van der Waals surface area contributed by atoms with Crippen molar-refractivity contribution in [3.8, 4) is 0 Å². The number of aromatic carboxylic acids is 1. The van der Waals surface area contributed by atoms with E-state index in [9.17, 15) is 18.0 Å². The molecule has 0 aromatic heterocycles. The van der Waals surface area contributed by atoms with Gasteiger partial charge in [-0.1, -0.05) is 12.1 Å². The lowest BCUT2D eigenvalue weighted by molar-refractivity contribution is -0.122. The van der Waals surface area contributed by atoms with Crippen LogP contribution in [-0.4, -0.2) is 49.3 Å². The van der Waals surface area contributed by atoms with Crippen molar-refractivity contribution in [1.82, 2.24) is 9.62 Å². The lowest BCUT2D eigenvalue weighted by Crippen LogP contribution is -2.50. The lowest BCUT2D eigenvalue weighted by atomic mass is 10.2. The second-order valence-electron chi connectivity index (χ2n) is 3.99. The minimum atomic E-state index is -3.98. The van der Waals surface area contributed by atoms with Crippen molar-refractivity contribution in [2.24, 2.45) is 0 Å². The molecule has 7 nitrogen and oxygen atoms in total. The van der Waals surface area contributed by atoms with E-state index in [4.69, 9.17) is 5.11 Å². The van der Waals surface area contributed by atoms with Crippen LogP contribution in [0.2, 0.25) is 0 Å². The van der Waals surface area contributed by atoms with Crippen LogP contribution in [0, 0.1) is 0 Å². The minimum Gasteiger partial charge on any atom is -0.478 e. The van der Waals surface area contributed by atoms with E-state index < -0.39 is 21.9 Å². The first kappa shape index (κ1) is 13.5. The highest BCUT2D eigenvalue weighted by Crippen LogP contribution is 2.20. The molecule has 0 aliphatic carbocycles. The average Bonchev–Trinajstić information content (AvgIpc) is 2.38. The van der Waals surface area contributed by atoms with Crippen LogP contribution in [0.4, 0.5) is 0 Å². The Bertz CT molecular complexity index is 626. The zero-order valence-electron chi connectivity index (χ0n) is 9.87. The zero-order valence-corrected chi connectivity index (χ0v) is 10.7. The first-order valence-corrected chi connectivity index (χ1v) is 6.96. The van der Waals surface area contributed by atoms with Crippen LogP contribution in [0.3, 0.4) is 0 Å². The third-order valence-electron chi connectivity index (χ3n) is 2.74. The fourth-order valence-corrected chi connectivity index (χ4v) is 3.41. The SMILES string of the molecule is O=C1CN(S(=O)(=O)c2ccccc2C(=O)O)CCN1. The molecule has 0 radical (unpaired) electrons. The van der Waals surface area contributed by atoms with Gasteiger partial charge in [0.15, 0.2) is 0 Å². The Labute approximate surface area is 109 Å². The van der Waals surface area contributed by atoms with E-state index in [0.29, 0.717) is 0 Å². The number of rotatable bonds is 3. The summed E-state index contributed by atoms with van der Waals surface area (Å²) in [4.78, 5) is 22.0.